The SMILES string of the molecule is O=P(Cc1ccccc1)(Oc1ccc(O)cc1)Oc1ccc(O)cc1. The minimum Gasteiger partial charge on any atom is -0.508 e. The molecule has 0 aliphatic carbocycles. The van der Waals surface area contributed by atoms with Gasteiger partial charge in [0.15, 0.2) is 0 Å². The van der Waals surface area contributed by atoms with E-state index in [1.54, 1.807) is 0 Å². The van der Waals surface area contributed by atoms with E-state index in [1.807, 2.05) is 30.3 Å². The van der Waals surface area contributed by atoms with E-state index >= 15 is 0 Å². The van der Waals surface area contributed by atoms with Crippen molar-refractivity contribution in [3.8, 4) is 23.0 Å². The fourth-order valence-electron chi connectivity index (χ4n) is 2.23. The number of phenolic OH excluding ortho intramolecular Hbond substituents is 2. The quantitative estimate of drug-likeness (QED) is 0.611. The van der Waals surface area contributed by atoms with Crippen molar-refractivity contribution in [3.63, 3.8) is 0 Å². The van der Waals surface area contributed by atoms with Crippen LogP contribution >= 0.6 is 7.60 Å². The molecule has 2 N–H and O–H groups in total. The fourth-order valence-corrected chi connectivity index (χ4v) is 3.94. The van der Waals surface area contributed by atoms with Crippen LogP contribution in [0.2, 0.25) is 0 Å². The zero-order valence-corrected chi connectivity index (χ0v) is 14.2. The van der Waals surface area contributed by atoms with E-state index in [9.17, 15) is 14.8 Å². The van der Waals surface area contributed by atoms with Crippen molar-refractivity contribution >= 4 is 7.60 Å². The number of rotatable bonds is 6. The van der Waals surface area contributed by atoms with Crippen molar-refractivity contribution in [2.45, 2.75) is 6.16 Å². The highest BCUT2D eigenvalue weighted by atomic mass is 31.2. The third-order valence-electron chi connectivity index (χ3n) is 3.38. The molecule has 0 saturated heterocycles. The summed E-state index contributed by atoms with van der Waals surface area (Å²) in [5, 5.41) is 18.7. The Kier molecular flexibility index (Phi) is 4.96. The predicted octanol–water partition coefficient (Wildman–Crippen LogP) is 4.95. The van der Waals surface area contributed by atoms with Crippen LogP contribution in [0.4, 0.5) is 0 Å². The highest BCUT2D eigenvalue weighted by Gasteiger charge is 2.29. The van der Waals surface area contributed by atoms with Gasteiger partial charge in [0.05, 0.1) is 6.16 Å². The van der Waals surface area contributed by atoms with Crippen LogP contribution in [-0.2, 0) is 10.7 Å². The summed E-state index contributed by atoms with van der Waals surface area (Å²) in [6, 6.07) is 21.1. The van der Waals surface area contributed by atoms with E-state index in [4.69, 9.17) is 9.05 Å². The maximum Gasteiger partial charge on any atom is 0.435 e. The number of benzene rings is 3. The average molecular weight is 356 g/mol. The maximum atomic E-state index is 13.3. The zero-order valence-electron chi connectivity index (χ0n) is 13.3. The van der Waals surface area contributed by atoms with Crippen LogP contribution in [0.1, 0.15) is 5.56 Å². The predicted molar refractivity (Wildman–Crippen MR) is 95.2 cm³/mol. The smallest absolute Gasteiger partial charge is 0.435 e. The summed E-state index contributed by atoms with van der Waals surface area (Å²) in [6.07, 6.45) is 0.0790. The number of hydrogen-bond donors (Lipinski definition) is 2. The summed E-state index contributed by atoms with van der Waals surface area (Å²) < 4.78 is 24.6. The lowest BCUT2D eigenvalue weighted by atomic mass is 10.2. The molecule has 25 heavy (non-hydrogen) atoms. The van der Waals surface area contributed by atoms with Gasteiger partial charge in [0.2, 0.25) is 0 Å². The lowest BCUT2D eigenvalue weighted by Crippen LogP contribution is -2.04. The normalized spacial score (nSPS) is 11.0. The standard InChI is InChI=1S/C19H17O5P/c20-16-6-10-18(11-7-16)23-25(22,14-15-4-2-1-3-5-15)24-19-12-8-17(21)9-13-19/h1-13,20-21H,14H2. The van der Waals surface area contributed by atoms with Gasteiger partial charge in [-0.3, -0.25) is 0 Å². The van der Waals surface area contributed by atoms with Crippen molar-refractivity contribution in [1.29, 1.82) is 0 Å². The molecule has 3 aromatic carbocycles. The zero-order chi connectivity index (χ0) is 17.7. The molecule has 0 fully saturated rings. The number of hydrogen-bond acceptors (Lipinski definition) is 5. The van der Waals surface area contributed by atoms with Crippen LogP contribution in [-0.4, -0.2) is 10.2 Å². The van der Waals surface area contributed by atoms with Gasteiger partial charge in [0, 0.05) is 0 Å². The molecular formula is C19H17O5P. The third-order valence-corrected chi connectivity index (χ3v) is 5.11. The van der Waals surface area contributed by atoms with E-state index in [2.05, 4.69) is 0 Å². The molecule has 3 rings (SSSR count). The molecular weight excluding hydrogens is 339 g/mol. The summed E-state index contributed by atoms with van der Waals surface area (Å²) in [5.74, 6) is 0.834. The summed E-state index contributed by atoms with van der Waals surface area (Å²) >= 11 is 0. The summed E-state index contributed by atoms with van der Waals surface area (Å²) in [6.45, 7) is 0. The minimum absolute atomic E-state index is 0.0790. The van der Waals surface area contributed by atoms with Gasteiger partial charge < -0.3 is 19.3 Å². The van der Waals surface area contributed by atoms with Gasteiger partial charge in [-0.1, -0.05) is 30.3 Å². The Morgan fingerprint density at radius 1 is 0.680 bits per heavy atom. The highest BCUT2D eigenvalue weighted by molar-refractivity contribution is 7.53. The molecule has 0 aliphatic heterocycles. The van der Waals surface area contributed by atoms with Crippen molar-refractivity contribution in [1.82, 2.24) is 0 Å². The molecule has 0 heterocycles. The van der Waals surface area contributed by atoms with Gasteiger partial charge in [0.1, 0.15) is 23.0 Å². The summed E-state index contributed by atoms with van der Waals surface area (Å²) in [7, 11) is -3.58. The lowest BCUT2D eigenvalue weighted by molar-refractivity contribution is 0.383. The first-order chi connectivity index (χ1) is 12.0. The lowest BCUT2D eigenvalue weighted by Gasteiger charge is -2.20. The molecule has 0 aromatic heterocycles. The summed E-state index contributed by atoms with van der Waals surface area (Å²) in [4.78, 5) is 0. The second-order valence-electron chi connectivity index (χ2n) is 5.42. The van der Waals surface area contributed by atoms with Gasteiger partial charge in [-0.05, 0) is 54.1 Å². The Hall–Kier alpha value is -2.91. The molecule has 0 radical (unpaired) electrons. The maximum absolute atomic E-state index is 13.3. The molecule has 0 saturated carbocycles. The Labute approximate surface area is 145 Å². The molecule has 3 aromatic rings. The molecule has 6 heteroatoms. The Morgan fingerprint density at radius 3 is 1.56 bits per heavy atom. The first kappa shape index (κ1) is 16.9. The van der Waals surface area contributed by atoms with Gasteiger partial charge in [0.25, 0.3) is 0 Å². The number of aromatic hydroxyl groups is 2. The van der Waals surface area contributed by atoms with Gasteiger partial charge in [-0.2, -0.15) is 0 Å². The van der Waals surface area contributed by atoms with E-state index in [0.717, 1.165) is 5.56 Å². The molecule has 0 atom stereocenters. The minimum atomic E-state index is -3.58. The second kappa shape index (κ2) is 7.32. The Balaban J connectivity index is 1.87. The van der Waals surface area contributed by atoms with Gasteiger partial charge in [-0.25, -0.2) is 4.57 Å². The third kappa shape index (κ3) is 4.78. The van der Waals surface area contributed by atoms with Crippen LogP contribution in [0.25, 0.3) is 0 Å². The molecule has 5 nitrogen and oxygen atoms in total. The summed E-state index contributed by atoms with van der Waals surface area (Å²) in [5.41, 5.74) is 0.809. The molecule has 0 bridgehead atoms. The second-order valence-corrected chi connectivity index (χ2v) is 7.33. The molecule has 0 aliphatic rings. The Bertz CT molecular complexity index is 809. The topological polar surface area (TPSA) is 76.0 Å². The van der Waals surface area contributed by atoms with Gasteiger partial charge >= 0.3 is 7.60 Å². The van der Waals surface area contributed by atoms with Crippen LogP contribution in [0.5, 0.6) is 23.0 Å². The molecule has 0 unspecified atom stereocenters. The monoisotopic (exact) mass is 356 g/mol. The van der Waals surface area contributed by atoms with Crippen LogP contribution in [0.15, 0.2) is 78.9 Å². The molecule has 128 valence electrons. The Morgan fingerprint density at radius 2 is 1.12 bits per heavy atom. The first-order valence-electron chi connectivity index (χ1n) is 7.63. The van der Waals surface area contributed by atoms with Crippen molar-refractivity contribution < 1.29 is 23.8 Å². The van der Waals surface area contributed by atoms with E-state index < -0.39 is 7.60 Å². The van der Waals surface area contributed by atoms with Crippen molar-refractivity contribution in [3.05, 3.63) is 84.4 Å². The fraction of sp³-hybridized carbons (Fsp3) is 0.0526. The average Bonchev–Trinajstić information content (AvgIpc) is 2.60. The first-order valence-corrected chi connectivity index (χ1v) is 9.35. The van der Waals surface area contributed by atoms with E-state index in [-0.39, 0.29) is 17.7 Å². The number of phenols is 2. The molecule has 0 amide bonds. The highest BCUT2D eigenvalue weighted by Crippen LogP contribution is 2.51. The van der Waals surface area contributed by atoms with Crippen molar-refractivity contribution in [2.75, 3.05) is 0 Å². The van der Waals surface area contributed by atoms with Crippen LogP contribution in [0.3, 0.4) is 0 Å². The van der Waals surface area contributed by atoms with Crippen molar-refractivity contribution in [2.24, 2.45) is 0 Å². The van der Waals surface area contributed by atoms with Crippen LogP contribution in [0, 0.1) is 0 Å². The van der Waals surface area contributed by atoms with Gasteiger partial charge in [-0.15, -0.1) is 0 Å². The molecule has 0 spiro atoms. The van der Waals surface area contributed by atoms with Crippen LogP contribution < -0.4 is 9.05 Å². The largest absolute Gasteiger partial charge is 0.508 e. The van der Waals surface area contributed by atoms with E-state index in [1.165, 1.54) is 48.5 Å². The van der Waals surface area contributed by atoms with E-state index in [0.29, 0.717) is 11.5 Å².